The van der Waals surface area contributed by atoms with E-state index in [1.807, 2.05) is 30.3 Å². The molecule has 88 valence electrons. The van der Waals surface area contributed by atoms with Crippen LogP contribution in [0.15, 0.2) is 40.9 Å². The molecule has 0 fully saturated rings. The van der Waals surface area contributed by atoms with Crippen molar-refractivity contribution in [1.82, 2.24) is 15.1 Å². The summed E-state index contributed by atoms with van der Waals surface area (Å²) in [5.41, 5.74) is 1.23. The van der Waals surface area contributed by atoms with Crippen molar-refractivity contribution in [3.8, 4) is 11.6 Å². The number of nitrogens with zero attached hydrogens (tertiary/aromatic N) is 3. The number of carbonyl (C=O) groups is 1. The Morgan fingerprint density at radius 2 is 1.94 bits per heavy atom. The lowest BCUT2D eigenvalue weighted by Gasteiger charge is -1.97. The van der Waals surface area contributed by atoms with E-state index in [2.05, 4.69) is 15.1 Å². The number of hydrogen-bond acceptors (Lipinski definition) is 5. The molecule has 1 N–H and O–H groups in total. The Hall–Kier alpha value is -2.76. The van der Waals surface area contributed by atoms with Gasteiger partial charge in [-0.1, -0.05) is 24.3 Å². The number of carboxylic acid groups (broad SMARTS) is 1. The lowest BCUT2D eigenvalue weighted by molar-refractivity contribution is 0.0680. The van der Waals surface area contributed by atoms with Crippen LogP contribution in [0.2, 0.25) is 0 Å². The summed E-state index contributed by atoms with van der Waals surface area (Å²) in [6.07, 6.45) is 0. The summed E-state index contributed by atoms with van der Waals surface area (Å²) in [5.74, 6) is -1.51. The summed E-state index contributed by atoms with van der Waals surface area (Å²) < 4.78 is 4.86. The second-order valence-corrected chi connectivity index (χ2v) is 3.62. The first kappa shape index (κ1) is 10.4. The lowest BCUT2D eigenvalue weighted by Crippen LogP contribution is -1.98. The highest BCUT2D eigenvalue weighted by molar-refractivity contribution is 5.84. The molecule has 0 atom stereocenters. The number of aromatic carboxylic acids is 1. The Kier molecular flexibility index (Phi) is 2.26. The molecule has 6 nitrogen and oxygen atoms in total. The molecular weight excluding hydrogens is 234 g/mol. The van der Waals surface area contributed by atoms with E-state index in [0.717, 1.165) is 10.9 Å². The van der Waals surface area contributed by atoms with E-state index >= 15 is 0 Å². The standard InChI is InChI=1S/C12H7N3O3/c16-12(17)10-14-11(18-15-10)9-6-5-7-3-1-2-4-8(7)13-9/h1-6H,(H,16,17). The number of para-hydroxylation sites is 1. The summed E-state index contributed by atoms with van der Waals surface area (Å²) >= 11 is 0. The predicted molar refractivity (Wildman–Crippen MR) is 62.0 cm³/mol. The van der Waals surface area contributed by atoms with Crippen LogP contribution in [0.3, 0.4) is 0 Å². The van der Waals surface area contributed by atoms with Crippen molar-refractivity contribution in [2.75, 3.05) is 0 Å². The number of aromatic nitrogens is 3. The van der Waals surface area contributed by atoms with Gasteiger partial charge >= 0.3 is 5.97 Å². The molecule has 0 amide bonds. The Morgan fingerprint density at radius 1 is 1.11 bits per heavy atom. The molecule has 0 aliphatic rings. The summed E-state index contributed by atoms with van der Waals surface area (Å²) in [7, 11) is 0. The van der Waals surface area contributed by atoms with E-state index in [1.54, 1.807) is 6.07 Å². The highest BCUT2D eigenvalue weighted by Gasteiger charge is 2.15. The van der Waals surface area contributed by atoms with Gasteiger partial charge in [-0.25, -0.2) is 9.78 Å². The van der Waals surface area contributed by atoms with Gasteiger partial charge in [-0.3, -0.25) is 0 Å². The number of fused-ring (bicyclic) bond motifs is 1. The molecule has 2 heterocycles. The SMILES string of the molecule is O=C(O)c1noc(-c2ccc3ccccc3n2)n1. The van der Waals surface area contributed by atoms with Gasteiger partial charge in [0, 0.05) is 5.39 Å². The number of hydrogen-bond donors (Lipinski definition) is 1. The van der Waals surface area contributed by atoms with E-state index in [-0.39, 0.29) is 11.7 Å². The highest BCUT2D eigenvalue weighted by Crippen LogP contribution is 2.19. The van der Waals surface area contributed by atoms with Crippen molar-refractivity contribution in [3.05, 3.63) is 42.2 Å². The number of benzene rings is 1. The summed E-state index contributed by atoms with van der Waals surface area (Å²) in [4.78, 5) is 18.7. The first-order valence-corrected chi connectivity index (χ1v) is 5.17. The minimum absolute atomic E-state index is 0.0955. The van der Waals surface area contributed by atoms with Crippen molar-refractivity contribution < 1.29 is 14.4 Å². The first-order chi connectivity index (χ1) is 8.74. The van der Waals surface area contributed by atoms with Crippen LogP contribution in [-0.2, 0) is 0 Å². The molecule has 0 spiro atoms. The number of pyridine rings is 1. The van der Waals surface area contributed by atoms with Crippen LogP contribution in [0.25, 0.3) is 22.5 Å². The largest absolute Gasteiger partial charge is 0.475 e. The van der Waals surface area contributed by atoms with E-state index in [9.17, 15) is 4.79 Å². The van der Waals surface area contributed by atoms with Crippen LogP contribution in [0.4, 0.5) is 0 Å². The lowest BCUT2D eigenvalue weighted by atomic mass is 10.2. The maximum Gasteiger partial charge on any atom is 0.377 e. The van der Waals surface area contributed by atoms with Gasteiger partial charge in [0.15, 0.2) is 0 Å². The van der Waals surface area contributed by atoms with Crippen molar-refractivity contribution >= 4 is 16.9 Å². The maximum atomic E-state index is 10.7. The van der Waals surface area contributed by atoms with Crippen molar-refractivity contribution in [3.63, 3.8) is 0 Å². The molecule has 2 aromatic heterocycles. The molecular formula is C12H7N3O3. The Bertz CT molecular complexity index is 736. The molecule has 6 heteroatoms. The average Bonchev–Trinajstić information content (AvgIpc) is 2.88. The smallest absolute Gasteiger partial charge is 0.377 e. The quantitative estimate of drug-likeness (QED) is 0.737. The summed E-state index contributed by atoms with van der Waals surface area (Å²) in [5, 5.41) is 13.0. The third kappa shape index (κ3) is 1.69. The van der Waals surface area contributed by atoms with E-state index < -0.39 is 5.97 Å². The molecule has 0 aliphatic heterocycles. The van der Waals surface area contributed by atoms with Gasteiger partial charge < -0.3 is 9.63 Å². The molecule has 0 bridgehead atoms. The fraction of sp³-hybridized carbons (Fsp3) is 0. The van der Waals surface area contributed by atoms with Gasteiger partial charge in [0.2, 0.25) is 0 Å². The van der Waals surface area contributed by atoms with Gasteiger partial charge in [0.05, 0.1) is 5.52 Å². The van der Waals surface area contributed by atoms with Crippen LogP contribution in [-0.4, -0.2) is 26.2 Å². The third-order valence-electron chi connectivity index (χ3n) is 2.43. The molecule has 1 aromatic carbocycles. The van der Waals surface area contributed by atoms with Crippen LogP contribution in [0.5, 0.6) is 0 Å². The monoisotopic (exact) mass is 241 g/mol. The molecule has 0 saturated carbocycles. The molecule has 0 aliphatic carbocycles. The Labute approximate surface area is 101 Å². The first-order valence-electron chi connectivity index (χ1n) is 5.17. The second kappa shape index (κ2) is 3.92. The van der Waals surface area contributed by atoms with Crippen molar-refractivity contribution in [2.24, 2.45) is 0 Å². The van der Waals surface area contributed by atoms with Gasteiger partial charge in [-0.05, 0) is 17.3 Å². The third-order valence-corrected chi connectivity index (χ3v) is 2.43. The highest BCUT2D eigenvalue weighted by atomic mass is 16.5. The minimum Gasteiger partial charge on any atom is -0.475 e. The Balaban J connectivity index is 2.10. The normalized spacial score (nSPS) is 10.7. The van der Waals surface area contributed by atoms with E-state index in [4.69, 9.17) is 9.63 Å². The van der Waals surface area contributed by atoms with Gasteiger partial charge in [-0.2, -0.15) is 4.98 Å². The van der Waals surface area contributed by atoms with Crippen LogP contribution in [0.1, 0.15) is 10.6 Å². The topological polar surface area (TPSA) is 89.1 Å². The zero-order chi connectivity index (χ0) is 12.5. The predicted octanol–water partition coefficient (Wildman–Crippen LogP) is 1.98. The molecule has 18 heavy (non-hydrogen) atoms. The number of carboxylic acids is 1. The van der Waals surface area contributed by atoms with Gasteiger partial charge in [0.1, 0.15) is 5.69 Å². The zero-order valence-corrected chi connectivity index (χ0v) is 9.07. The van der Waals surface area contributed by atoms with Crippen LogP contribution in [0, 0.1) is 0 Å². The van der Waals surface area contributed by atoms with Crippen molar-refractivity contribution in [1.29, 1.82) is 0 Å². The van der Waals surface area contributed by atoms with Crippen LogP contribution >= 0.6 is 0 Å². The molecule has 0 saturated heterocycles. The summed E-state index contributed by atoms with van der Waals surface area (Å²) in [6.45, 7) is 0. The van der Waals surface area contributed by atoms with Gasteiger partial charge in [-0.15, -0.1) is 0 Å². The van der Waals surface area contributed by atoms with E-state index in [0.29, 0.717) is 5.69 Å². The van der Waals surface area contributed by atoms with Crippen molar-refractivity contribution in [2.45, 2.75) is 0 Å². The molecule has 3 rings (SSSR count). The zero-order valence-electron chi connectivity index (χ0n) is 9.07. The molecule has 0 unspecified atom stereocenters. The maximum absolute atomic E-state index is 10.7. The van der Waals surface area contributed by atoms with E-state index in [1.165, 1.54) is 0 Å². The number of rotatable bonds is 2. The molecule has 0 radical (unpaired) electrons. The van der Waals surface area contributed by atoms with Crippen LogP contribution < -0.4 is 0 Å². The fourth-order valence-electron chi connectivity index (χ4n) is 1.60. The second-order valence-electron chi connectivity index (χ2n) is 3.62. The van der Waals surface area contributed by atoms with Gasteiger partial charge in [0.25, 0.3) is 11.7 Å². The average molecular weight is 241 g/mol. The summed E-state index contributed by atoms with van der Waals surface area (Å²) in [6, 6.07) is 11.1. The fourth-order valence-corrected chi connectivity index (χ4v) is 1.60. The molecule has 3 aromatic rings. The Morgan fingerprint density at radius 3 is 2.72 bits per heavy atom. The minimum atomic E-state index is -1.23.